The molecule has 1 saturated carbocycles. The van der Waals surface area contributed by atoms with Crippen LogP contribution in [-0.2, 0) is 0 Å². The van der Waals surface area contributed by atoms with Crippen LogP contribution in [0.4, 0.5) is 0 Å². The molecule has 2 N–H and O–H groups in total. The van der Waals surface area contributed by atoms with Gasteiger partial charge in [0.2, 0.25) is 0 Å². The number of hydrogen-bond donors (Lipinski definition) is 1. The highest BCUT2D eigenvalue weighted by molar-refractivity contribution is 8.00. The first-order valence-electron chi connectivity index (χ1n) is 6.54. The molecule has 0 heterocycles. The highest BCUT2D eigenvalue weighted by atomic mass is 32.2. The summed E-state index contributed by atoms with van der Waals surface area (Å²) in [6.07, 6.45) is 2.51. The minimum Gasteiger partial charge on any atom is -0.329 e. The maximum Gasteiger partial charge on any atom is 0.0294 e. The molecule has 0 amide bonds. The minimum absolute atomic E-state index is 0.366. The molecule has 0 unspecified atom stereocenters. The molecule has 2 heteroatoms. The number of hydrogen-bond acceptors (Lipinski definition) is 2. The third kappa shape index (κ3) is 3.05. The molecule has 1 aliphatic carbocycles. The zero-order chi connectivity index (χ0) is 12.3. The molecule has 17 heavy (non-hydrogen) atoms. The van der Waals surface area contributed by atoms with E-state index in [1.807, 2.05) is 0 Å². The van der Waals surface area contributed by atoms with Gasteiger partial charge in [-0.1, -0.05) is 44.2 Å². The molecule has 2 rings (SSSR count). The Morgan fingerprint density at radius 1 is 1.29 bits per heavy atom. The Morgan fingerprint density at radius 2 is 1.94 bits per heavy atom. The summed E-state index contributed by atoms with van der Waals surface area (Å²) in [6, 6.07) is 10.9. The molecule has 0 radical (unpaired) electrons. The van der Waals surface area contributed by atoms with E-state index in [0.29, 0.717) is 4.75 Å². The Balaban J connectivity index is 1.90. The van der Waals surface area contributed by atoms with Gasteiger partial charge in [0.1, 0.15) is 0 Å². The third-order valence-electron chi connectivity index (χ3n) is 3.60. The van der Waals surface area contributed by atoms with Crippen molar-refractivity contribution in [3.05, 3.63) is 35.9 Å². The summed E-state index contributed by atoms with van der Waals surface area (Å²) in [4.78, 5) is 0. The average Bonchev–Trinajstić information content (AvgIpc) is 2.29. The van der Waals surface area contributed by atoms with Crippen molar-refractivity contribution in [3.63, 3.8) is 0 Å². The van der Waals surface area contributed by atoms with E-state index in [9.17, 15) is 0 Å². The van der Waals surface area contributed by atoms with Crippen LogP contribution < -0.4 is 5.73 Å². The van der Waals surface area contributed by atoms with E-state index in [1.54, 1.807) is 0 Å². The standard InChI is InChI=1S/C15H23NS/c1-12(2)10-17-15(11-16)8-14(9-15)13-6-4-3-5-7-13/h3-7,12,14H,8-11,16H2,1-2H3. The highest BCUT2D eigenvalue weighted by Gasteiger charge is 2.43. The van der Waals surface area contributed by atoms with Gasteiger partial charge in [0, 0.05) is 11.3 Å². The fourth-order valence-corrected chi connectivity index (χ4v) is 3.93. The van der Waals surface area contributed by atoms with Crippen molar-refractivity contribution in [2.75, 3.05) is 12.3 Å². The summed E-state index contributed by atoms with van der Waals surface area (Å²) in [5.74, 6) is 2.73. The van der Waals surface area contributed by atoms with Crippen LogP contribution in [-0.4, -0.2) is 17.0 Å². The first kappa shape index (κ1) is 13.0. The van der Waals surface area contributed by atoms with Gasteiger partial charge in [0.25, 0.3) is 0 Å². The molecule has 0 atom stereocenters. The Morgan fingerprint density at radius 3 is 2.47 bits per heavy atom. The van der Waals surface area contributed by atoms with E-state index in [0.717, 1.165) is 18.4 Å². The van der Waals surface area contributed by atoms with Gasteiger partial charge in [0.15, 0.2) is 0 Å². The van der Waals surface area contributed by atoms with Crippen LogP contribution in [0, 0.1) is 5.92 Å². The smallest absolute Gasteiger partial charge is 0.0294 e. The molecule has 0 aliphatic heterocycles. The van der Waals surface area contributed by atoms with Crippen molar-refractivity contribution in [3.8, 4) is 0 Å². The van der Waals surface area contributed by atoms with E-state index >= 15 is 0 Å². The predicted octanol–water partition coefficient (Wildman–Crippen LogP) is 3.65. The molecule has 94 valence electrons. The third-order valence-corrected chi connectivity index (χ3v) is 5.55. The number of benzene rings is 1. The van der Waals surface area contributed by atoms with Crippen molar-refractivity contribution >= 4 is 11.8 Å². The van der Waals surface area contributed by atoms with E-state index in [1.165, 1.54) is 24.2 Å². The summed E-state index contributed by atoms with van der Waals surface area (Å²) < 4.78 is 0.366. The van der Waals surface area contributed by atoms with Gasteiger partial charge >= 0.3 is 0 Å². The van der Waals surface area contributed by atoms with Gasteiger partial charge in [-0.25, -0.2) is 0 Å². The summed E-state index contributed by atoms with van der Waals surface area (Å²) >= 11 is 2.09. The number of thioether (sulfide) groups is 1. The Kier molecular flexibility index (Phi) is 4.16. The SMILES string of the molecule is CC(C)CSC1(CN)CC(c2ccccc2)C1. The maximum atomic E-state index is 5.97. The topological polar surface area (TPSA) is 26.0 Å². The predicted molar refractivity (Wildman–Crippen MR) is 77.5 cm³/mol. The van der Waals surface area contributed by atoms with Crippen molar-refractivity contribution < 1.29 is 0 Å². The highest BCUT2D eigenvalue weighted by Crippen LogP contribution is 2.52. The molecule has 1 nitrogen and oxygen atoms in total. The zero-order valence-electron chi connectivity index (χ0n) is 10.9. The van der Waals surface area contributed by atoms with Crippen LogP contribution in [0.2, 0.25) is 0 Å². The van der Waals surface area contributed by atoms with E-state index < -0.39 is 0 Å². The van der Waals surface area contributed by atoms with Crippen LogP contribution in [0.5, 0.6) is 0 Å². The lowest BCUT2D eigenvalue weighted by molar-refractivity contribution is 0.312. The molecule has 0 spiro atoms. The molecular formula is C15H23NS. The van der Waals surface area contributed by atoms with Gasteiger partial charge in [-0.2, -0.15) is 11.8 Å². The Labute approximate surface area is 109 Å². The monoisotopic (exact) mass is 249 g/mol. The fraction of sp³-hybridized carbons (Fsp3) is 0.600. The van der Waals surface area contributed by atoms with Crippen molar-refractivity contribution in [2.24, 2.45) is 11.7 Å². The molecule has 1 aromatic carbocycles. The summed E-state index contributed by atoms with van der Waals surface area (Å²) in [5.41, 5.74) is 7.46. The van der Waals surface area contributed by atoms with Gasteiger partial charge < -0.3 is 5.73 Å². The molecular weight excluding hydrogens is 226 g/mol. The van der Waals surface area contributed by atoms with E-state index in [4.69, 9.17) is 5.73 Å². The number of rotatable bonds is 5. The largest absolute Gasteiger partial charge is 0.329 e. The lowest BCUT2D eigenvalue weighted by Crippen LogP contribution is -2.46. The first-order valence-corrected chi connectivity index (χ1v) is 7.53. The van der Waals surface area contributed by atoms with E-state index in [2.05, 4.69) is 55.9 Å². The van der Waals surface area contributed by atoms with Crippen molar-refractivity contribution in [1.29, 1.82) is 0 Å². The molecule has 0 aromatic heterocycles. The second-order valence-corrected chi connectivity index (χ2v) is 7.10. The minimum atomic E-state index is 0.366. The number of nitrogens with two attached hydrogens (primary N) is 1. The Hall–Kier alpha value is -0.470. The lowest BCUT2D eigenvalue weighted by atomic mass is 9.70. The molecule has 1 aromatic rings. The second-order valence-electron chi connectivity index (χ2n) is 5.61. The van der Waals surface area contributed by atoms with Gasteiger partial charge in [-0.3, -0.25) is 0 Å². The zero-order valence-corrected chi connectivity index (χ0v) is 11.7. The summed E-state index contributed by atoms with van der Waals surface area (Å²) in [5, 5.41) is 0. The molecule has 1 aliphatic rings. The maximum absolute atomic E-state index is 5.97. The first-order chi connectivity index (χ1) is 8.15. The van der Waals surface area contributed by atoms with Crippen LogP contribution in [0.15, 0.2) is 30.3 Å². The van der Waals surface area contributed by atoms with Crippen LogP contribution in [0.25, 0.3) is 0 Å². The van der Waals surface area contributed by atoms with Gasteiger partial charge in [-0.05, 0) is 36.0 Å². The lowest BCUT2D eigenvalue weighted by Gasteiger charge is -2.47. The summed E-state index contributed by atoms with van der Waals surface area (Å²) in [7, 11) is 0. The molecule has 0 saturated heterocycles. The van der Waals surface area contributed by atoms with Crippen LogP contribution >= 0.6 is 11.8 Å². The van der Waals surface area contributed by atoms with Crippen molar-refractivity contribution in [2.45, 2.75) is 37.4 Å². The second kappa shape index (κ2) is 5.45. The molecule has 0 bridgehead atoms. The average molecular weight is 249 g/mol. The Bertz CT molecular complexity index is 341. The van der Waals surface area contributed by atoms with E-state index in [-0.39, 0.29) is 0 Å². The fourth-order valence-electron chi connectivity index (χ4n) is 2.49. The van der Waals surface area contributed by atoms with Gasteiger partial charge in [0.05, 0.1) is 0 Å². The van der Waals surface area contributed by atoms with Crippen molar-refractivity contribution in [1.82, 2.24) is 0 Å². The summed E-state index contributed by atoms with van der Waals surface area (Å²) in [6.45, 7) is 5.39. The quantitative estimate of drug-likeness (QED) is 0.862. The van der Waals surface area contributed by atoms with Crippen LogP contribution in [0.3, 0.4) is 0 Å². The van der Waals surface area contributed by atoms with Gasteiger partial charge in [-0.15, -0.1) is 0 Å². The van der Waals surface area contributed by atoms with Crippen LogP contribution in [0.1, 0.15) is 38.2 Å². The normalized spacial score (nSPS) is 28.1. The molecule has 1 fully saturated rings.